The summed E-state index contributed by atoms with van der Waals surface area (Å²) in [6, 6.07) is 6.46. The van der Waals surface area contributed by atoms with E-state index < -0.39 is 10.0 Å². The molecule has 0 amide bonds. The fourth-order valence-electron chi connectivity index (χ4n) is 1.88. The number of sulfonamides is 1. The monoisotopic (exact) mass is 289 g/mol. The molecule has 1 aliphatic rings. The highest BCUT2D eigenvalue weighted by atomic mass is 35.5. The fourth-order valence-corrected chi connectivity index (χ4v) is 3.31. The van der Waals surface area contributed by atoms with Crippen molar-refractivity contribution in [3.8, 4) is 0 Å². The van der Waals surface area contributed by atoms with Crippen LogP contribution in [0, 0.1) is 0 Å². The van der Waals surface area contributed by atoms with Gasteiger partial charge in [-0.25, -0.2) is 13.1 Å². The molecule has 18 heavy (non-hydrogen) atoms. The van der Waals surface area contributed by atoms with E-state index in [2.05, 4.69) is 4.72 Å². The Morgan fingerprint density at radius 2 is 2.06 bits per heavy atom. The van der Waals surface area contributed by atoms with Crippen LogP contribution in [0.1, 0.15) is 18.4 Å². The van der Waals surface area contributed by atoms with Crippen LogP contribution in [0.15, 0.2) is 29.2 Å². The molecule has 1 heterocycles. The molecule has 0 aliphatic carbocycles. The molecule has 1 atom stereocenters. The lowest BCUT2D eigenvalue weighted by Gasteiger charge is -2.22. The van der Waals surface area contributed by atoms with Gasteiger partial charge in [-0.05, 0) is 30.5 Å². The highest BCUT2D eigenvalue weighted by Gasteiger charge is 2.21. The second-order valence-corrected chi connectivity index (χ2v) is 6.29. The highest BCUT2D eigenvalue weighted by molar-refractivity contribution is 7.89. The Kier molecular flexibility index (Phi) is 4.61. The first-order valence-electron chi connectivity index (χ1n) is 5.87. The molecule has 1 fully saturated rings. The molecular weight excluding hydrogens is 274 g/mol. The number of benzene rings is 1. The molecule has 0 bridgehead atoms. The molecule has 1 aliphatic heterocycles. The average Bonchev–Trinajstić information content (AvgIpc) is 2.39. The fraction of sp³-hybridized carbons (Fsp3) is 0.500. The van der Waals surface area contributed by atoms with Gasteiger partial charge < -0.3 is 4.74 Å². The van der Waals surface area contributed by atoms with Gasteiger partial charge in [-0.3, -0.25) is 0 Å². The number of hydrogen-bond acceptors (Lipinski definition) is 3. The van der Waals surface area contributed by atoms with Crippen molar-refractivity contribution in [2.45, 2.75) is 29.7 Å². The third-order valence-electron chi connectivity index (χ3n) is 2.87. The molecule has 1 saturated heterocycles. The maximum atomic E-state index is 12.1. The van der Waals surface area contributed by atoms with Crippen molar-refractivity contribution in [3.05, 3.63) is 29.8 Å². The number of ether oxygens (including phenoxy) is 1. The molecule has 1 aromatic carbocycles. The Bertz CT molecular complexity index is 481. The number of halogens is 1. The number of hydrogen-bond donors (Lipinski definition) is 1. The number of rotatable bonds is 4. The van der Waals surface area contributed by atoms with E-state index in [1.807, 2.05) is 0 Å². The Morgan fingerprint density at radius 3 is 2.61 bits per heavy atom. The van der Waals surface area contributed by atoms with E-state index in [1.165, 1.54) is 0 Å². The van der Waals surface area contributed by atoms with Gasteiger partial charge in [0, 0.05) is 18.5 Å². The summed E-state index contributed by atoms with van der Waals surface area (Å²) in [6.45, 7) is 1.15. The standard InChI is InChI=1S/C12H16ClNO3S/c13-8-10-3-5-12(6-4-10)18(15,16)14-11-2-1-7-17-9-11/h3-6,11,14H,1-2,7-9H2. The zero-order chi connectivity index (χ0) is 13.0. The van der Waals surface area contributed by atoms with Crippen molar-refractivity contribution in [3.63, 3.8) is 0 Å². The second kappa shape index (κ2) is 6.02. The third kappa shape index (κ3) is 3.45. The molecular formula is C12H16ClNO3S. The van der Waals surface area contributed by atoms with Gasteiger partial charge in [-0.1, -0.05) is 12.1 Å². The van der Waals surface area contributed by atoms with Gasteiger partial charge in [0.25, 0.3) is 0 Å². The predicted molar refractivity (Wildman–Crippen MR) is 70.2 cm³/mol. The number of nitrogens with one attached hydrogen (secondary N) is 1. The molecule has 0 saturated carbocycles. The normalized spacial score (nSPS) is 20.8. The van der Waals surface area contributed by atoms with Gasteiger partial charge in [-0.2, -0.15) is 0 Å². The SMILES string of the molecule is O=S(=O)(NC1CCCOC1)c1ccc(CCl)cc1. The molecule has 2 rings (SSSR count). The lowest BCUT2D eigenvalue weighted by Crippen LogP contribution is -2.40. The lowest BCUT2D eigenvalue weighted by atomic mass is 10.1. The van der Waals surface area contributed by atoms with E-state index >= 15 is 0 Å². The van der Waals surface area contributed by atoms with Crippen LogP contribution in [0.2, 0.25) is 0 Å². The molecule has 0 radical (unpaired) electrons. The van der Waals surface area contributed by atoms with Crippen LogP contribution in [-0.2, 0) is 20.6 Å². The summed E-state index contributed by atoms with van der Waals surface area (Å²) in [5, 5.41) is 0. The van der Waals surface area contributed by atoms with Crippen LogP contribution in [0.5, 0.6) is 0 Å². The highest BCUT2D eigenvalue weighted by Crippen LogP contribution is 2.14. The van der Waals surface area contributed by atoms with Gasteiger partial charge in [0.1, 0.15) is 0 Å². The molecule has 1 unspecified atom stereocenters. The van der Waals surface area contributed by atoms with Gasteiger partial charge in [0.15, 0.2) is 0 Å². The number of alkyl halides is 1. The molecule has 1 N–H and O–H groups in total. The Labute approximate surface area is 112 Å². The minimum atomic E-state index is -3.46. The van der Waals surface area contributed by atoms with Gasteiger partial charge in [0.2, 0.25) is 10.0 Å². The predicted octanol–water partition coefficient (Wildman–Crippen LogP) is 1.88. The minimum Gasteiger partial charge on any atom is -0.380 e. The summed E-state index contributed by atoms with van der Waals surface area (Å²) in [5.41, 5.74) is 0.900. The first kappa shape index (κ1) is 13.8. The molecule has 4 nitrogen and oxygen atoms in total. The summed E-state index contributed by atoms with van der Waals surface area (Å²) >= 11 is 5.67. The van der Waals surface area contributed by atoms with Crippen LogP contribution in [0.4, 0.5) is 0 Å². The molecule has 0 aromatic heterocycles. The summed E-state index contributed by atoms with van der Waals surface area (Å²) in [4.78, 5) is 0.266. The van der Waals surface area contributed by atoms with Crippen molar-refractivity contribution in [2.24, 2.45) is 0 Å². The van der Waals surface area contributed by atoms with E-state index in [9.17, 15) is 8.42 Å². The second-order valence-electron chi connectivity index (χ2n) is 4.31. The summed E-state index contributed by atoms with van der Waals surface area (Å²) < 4.78 is 32.1. The van der Waals surface area contributed by atoms with E-state index in [0.717, 1.165) is 18.4 Å². The van der Waals surface area contributed by atoms with Gasteiger partial charge >= 0.3 is 0 Å². The van der Waals surface area contributed by atoms with Crippen LogP contribution >= 0.6 is 11.6 Å². The smallest absolute Gasteiger partial charge is 0.240 e. The molecule has 1 aromatic rings. The molecule has 6 heteroatoms. The first-order valence-corrected chi connectivity index (χ1v) is 7.88. The Balaban J connectivity index is 2.08. The summed E-state index contributed by atoms with van der Waals surface area (Å²) in [7, 11) is -3.46. The first-order chi connectivity index (χ1) is 8.62. The van der Waals surface area contributed by atoms with Crippen LogP contribution < -0.4 is 4.72 Å². The third-order valence-corrected chi connectivity index (χ3v) is 4.72. The van der Waals surface area contributed by atoms with Crippen molar-refractivity contribution in [1.82, 2.24) is 4.72 Å². The Morgan fingerprint density at radius 1 is 1.33 bits per heavy atom. The van der Waals surface area contributed by atoms with E-state index in [4.69, 9.17) is 16.3 Å². The zero-order valence-corrected chi connectivity index (χ0v) is 11.5. The van der Waals surface area contributed by atoms with Crippen LogP contribution in [-0.4, -0.2) is 27.7 Å². The Hall–Kier alpha value is -0.620. The summed E-state index contributed by atoms with van der Waals surface area (Å²) in [5.74, 6) is 0.379. The quantitative estimate of drug-likeness (QED) is 0.861. The maximum Gasteiger partial charge on any atom is 0.240 e. The largest absolute Gasteiger partial charge is 0.380 e. The van der Waals surface area contributed by atoms with Crippen molar-refractivity contribution < 1.29 is 13.2 Å². The lowest BCUT2D eigenvalue weighted by molar-refractivity contribution is 0.0774. The van der Waals surface area contributed by atoms with E-state index in [-0.39, 0.29) is 10.9 Å². The van der Waals surface area contributed by atoms with Crippen molar-refractivity contribution in [2.75, 3.05) is 13.2 Å². The minimum absolute atomic E-state index is 0.128. The van der Waals surface area contributed by atoms with E-state index in [0.29, 0.717) is 19.1 Å². The van der Waals surface area contributed by atoms with E-state index in [1.54, 1.807) is 24.3 Å². The van der Waals surface area contributed by atoms with Gasteiger partial charge in [0.05, 0.1) is 11.5 Å². The molecule has 100 valence electrons. The maximum absolute atomic E-state index is 12.1. The van der Waals surface area contributed by atoms with Crippen LogP contribution in [0.25, 0.3) is 0 Å². The molecule has 0 spiro atoms. The average molecular weight is 290 g/mol. The topological polar surface area (TPSA) is 55.4 Å². The zero-order valence-electron chi connectivity index (χ0n) is 9.93. The van der Waals surface area contributed by atoms with Crippen molar-refractivity contribution >= 4 is 21.6 Å². The summed E-state index contributed by atoms with van der Waals surface area (Å²) in [6.07, 6.45) is 1.71. The van der Waals surface area contributed by atoms with Crippen LogP contribution in [0.3, 0.4) is 0 Å². The van der Waals surface area contributed by atoms with Crippen molar-refractivity contribution in [1.29, 1.82) is 0 Å². The van der Waals surface area contributed by atoms with Gasteiger partial charge in [-0.15, -0.1) is 11.6 Å².